The number of benzene rings is 2. The number of rotatable bonds is 6. The molecule has 0 spiro atoms. The molecule has 4 aromatic rings. The predicted molar refractivity (Wildman–Crippen MR) is 120 cm³/mol. The van der Waals surface area contributed by atoms with Crippen molar-refractivity contribution in [1.82, 2.24) is 9.55 Å². The maximum absolute atomic E-state index is 12.6. The van der Waals surface area contributed by atoms with E-state index in [2.05, 4.69) is 4.98 Å². The second-order valence-corrected chi connectivity index (χ2v) is 7.52. The largest absolute Gasteiger partial charge is 0.333 e. The molecular formula is C23H18ClN3O4. The van der Waals surface area contributed by atoms with E-state index in [-0.39, 0.29) is 17.8 Å². The van der Waals surface area contributed by atoms with Crippen molar-refractivity contribution in [2.45, 2.75) is 19.9 Å². The molecule has 0 radical (unpaired) electrons. The SMILES string of the molecule is CCc1ccc2c(c1)c(-c1ccc[nH]c1=O)c(C=O)n2Cc1cc([N+](=O)[O-])ccc1Cl. The Morgan fingerprint density at radius 3 is 2.68 bits per heavy atom. The summed E-state index contributed by atoms with van der Waals surface area (Å²) in [5, 5.41) is 12.3. The second kappa shape index (κ2) is 8.20. The highest BCUT2D eigenvalue weighted by Gasteiger charge is 2.22. The Hall–Kier alpha value is -3.71. The maximum Gasteiger partial charge on any atom is 0.269 e. The zero-order valence-corrected chi connectivity index (χ0v) is 17.3. The molecule has 0 bridgehead atoms. The van der Waals surface area contributed by atoms with Crippen LogP contribution in [0, 0.1) is 10.1 Å². The summed E-state index contributed by atoms with van der Waals surface area (Å²) in [6.45, 7) is 2.16. The number of aromatic amines is 1. The summed E-state index contributed by atoms with van der Waals surface area (Å²) in [5.74, 6) is 0. The number of aryl methyl sites for hydroxylation is 1. The fourth-order valence-electron chi connectivity index (χ4n) is 3.80. The summed E-state index contributed by atoms with van der Waals surface area (Å²) in [4.78, 5) is 38.2. The number of carbonyl (C=O) groups is 1. The minimum absolute atomic E-state index is 0.0866. The summed E-state index contributed by atoms with van der Waals surface area (Å²) >= 11 is 6.31. The second-order valence-electron chi connectivity index (χ2n) is 7.12. The zero-order valence-electron chi connectivity index (χ0n) is 16.6. The van der Waals surface area contributed by atoms with E-state index < -0.39 is 4.92 Å². The van der Waals surface area contributed by atoms with Gasteiger partial charge in [-0.25, -0.2) is 0 Å². The lowest BCUT2D eigenvalue weighted by Gasteiger charge is -2.10. The molecule has 2 aromatic carbocycles. The summed E-state index contributed by atoms with van der Waals surface area (Å²) < 4.78 is 1.74. The number of non-ortho nitro benzene ring substituents is 1. The monoisotopic (exact) mass is 435 g/mol. The topological polar surface area (TPSA) is 98.0 Å². The minimum Gasteiger partial charge on any atom is -0.333 e. The first-order valence-corrected chi connectivity index (χ1v) is 10.0. The summed E-state index contributed by atoms with van der Waals surface area (Å²) in [6, 6.07) is 13.4. The number of hydrogen-bond acceptors (Lipinski definition) is 4. The van der Waals surface area contributed by atoms with E-state index >= 15 is 0 Å². The zero-order chi connectivity index (χ0) is 22.1. The third kappa shape index (κ3) is 3.64. The van der Waals surface area contributed by atoms with E-state index in [9.17, 15) is 19.7 Å². The first kappa shape index (κ1) is 20.6. The van der Waals surface area contributed by atoms with Crippen LogP contribution >= 0.6 is 11.6 Å². The number of nitro groups is 1. The minimum atomic E-state index is -0.489. The molecule has 0 aliphatic rings. The lowest BCUT2D eigenvalue weighted by Crippen LogP contribution is -2.09. The predicted octanol–water partition coefficient (Wildman–Crippen LogP) is 4.98. The van der Waals surface area contributed by atoms with Gasteiger partial charge in [-0.05, 0) is 47.9 Å². The van der Waals surface area contributed by atoms with Crippen molar-refractivity contribution in [2.75, 3.05) is 0 Å². The van der Waals surface area contributed by atoms with Gasteiger partial charge in [0.1, 0.15) is 0 Å². The van der Waals surface area contributed by atoms with Crippen molar-refractivity contribution >= 4 is 34.5 Å². The number of nitrogens with zero attached hydrogens (tertiary/aromatic N) is 2. The standard InChI is InChI=1S/C23H18ClN3O4/c1-2-14-5-8-20-18(10-14)22(17-4-3-9-25-23(17)29)21(13-28)26(20)12-15-11-16(27(30)31)6-7-19(15)24/h3-11,13H,2,12H2,1H3,(H,25,29). The first-order valence-electron chi connectivity index (χ1n) is 9.65. The fraction of sp³-hybridized carbons (Fsp3) is 0.130. The van der Waals surface area contributed by atoms with Crippen molar-refractivity contribution in [1.29, 1.82) is 0 Å². The van der Waals surface area contributed by atoms with Crippen molar-refractivity contribution in [2.24, 2.45) is 0 Å². The lowest BCUT2D eigenvalue weighted by molar-refractivity contribution is -0.384. The number of halogens is 1. The molecule has 8 heteroatoms. The molecule has 7 nitrogen and oxygen atoms in total. The Balaban J connectivity index is 2.02. The van der Waals surface area contributed by atoms with Gasteiger partial charge in [0.25, 0.3) is 11.2 Å². The van der Waals surface area contributed by atoms with E-state index in [1.54, 1.807) is 16.7 Å². The number of aldehydes is 1. The van der Waals surface area contributed by atoms with Crippen LogP contribution in [-0.2, 0) is 13.0 Å². The number of nitrogens with one attached hydrogen (secondary N) is 1. The molecule has 0 unspecified atom stereocenters. The Bertz CT molecular complexity index is 1390. The molecule has 0 aliphatic heterocycles. The third-order valence-electron chi connectivity index (χ3n) is 5.34. The van der Waals surface area contributed by atoms with Gasteiger partial charge in [-0.1, -0.05) is 24.6 Å². The molecule has 4 rings (SSSR count). The maximum atomic E-state index is 12.6. The molecule has 0 saturated carbocycles. The van der Waals surface area contributed by atoms with E-state index in [1.165, 1.54) is 24.4 Å². The van der Waals surface area contributed by atoms with Gasteiger partial charge in [0.15, 0.2) is 6.29 Å². The number of H-pyrrole nitrogens is 1. The number of fused-ring (bicyclic) bond motifs is 1. The van der Waals surface area contributed by atoms with Crippen molar-refractivity contribution in [3.05, 3.63) is 97.0 Å². The molecule has 1 N–H and O–H groups in total. The highest BCUT2D eigenvalue weighted by atomic mass is 35.5. The van der Waals surface area contributed by atoms with Crippen molar-refractivity contribution < 1.29 is 9.72 Å². The van der Waals surface area contributed by atoms with Crippen LogP contribution in [0.15, 0.2) is 59.5 Å². The van der Waals surface area contributed by atoms with E-state index in [1.807, 2.05) is 25.1 Å². The smallest absolute Gasteiger partial charge is 0.269 e. The number of nitro benzene ring substituents is 1. The van der Waals surface area contributed by atoms with Crippen LogP contribution in [0.1, 0.15) is 28.5 Å². The molecule has 0 fully saturated rings. The average molecular weight is 436 g/mol. The molecular weight excluding hydrogens is 418 g/mol. The Morgan fingerprint density at radius 2 is 2.00 bits per heavy atom. The van der Waals surface area contributed by atoms with Gasteiger partial charge >= 0.3 is 0 Å². The van der Waals surface area contributed by atoms with Gasteiger partial charge in [-0.3, -0.25) is 19.7 Å². The molecule has 0 aliphatic carbocycles. The van der Waals surface area contributed by atoms with Crippen LogP contribution in [0.5, 0.6) is 0 Å². The van der Waals surface area contributed by atoms with E-state index in [4.69, 9.17) is 11.6 Å². The fourth-order valence-corrected chi connectivity index (χ4v) is 3.98. The molecule has 2 aromatic heterocycles. The third-order valence-corrected chi connectivity index (χ3v) is 5.71. The molecule has 156 valence electrons. The Morgan fingerprint density at radius 1 is 1.19 bits per heavy atom. The van der Waals surface area contributed by atoms with Crippen LogP contribution in [0.2, 0.25) is 5.02 Å². The van der Waals surface area contributed by atoms with Gasteiger partial charge in [0.05, 0.1) is 17.2 Å². The normalized spacial score (nSPS) is 11.0. The van der Waals surface area contributed by atoms with Crippen LogP contribution < -0.4 is 5.56 Å². The molecule has 0 amide bonds. The molecule has 31 heavy (non-hydrogen) atoms. The van der Waals surface area contributed by atoms with Crippen LogP contribution in [0.25, 0.3) is 22.0 Å². The number of carbonyl (C=O) groups excluding carboxylic acids is 1. The van der Waals surface area contributed by atoms with Gasteiger partial charge in [-0.2, -0.15) is 0 Å². The Kier molecular flexibility index (Phi) is 5.44. The first-order chi connectivity index (χ1) is 14.9. The summed E-state index contributed by atoms with van der Waals surface area (Å²) in [5.41, 5.74) is 3.13. The van der Waals surface area contributed by atoms with Crippen LogP contribution in [-0.4, -0.2) is 20.8 Å². The summed E-state index contributed by atoms with van der Waals surface area (Å²) in [7, 11) is 0. The number of aromatic nitrogens is 2. The molecule has 0 saturated heterocycles. The van der Waals surface area contributed by atoms with E-state index in [0.29, 0.717) is 33.7 Å². The van der Waals surface area contributed by atoms with Gasteiger partial charge in [-0.15, -0.1) is 0 Å². The van der Waals surface area contributed by atoms with Crippen molar-refractivity contribution in [3.63, 3.8) is 0 Å². The van der Waals surface area contributed by atoms with E-state index in [0.717, 1.165) is 22.9 Å². The van der Waals surface area contributed by atoms with Crippen LogP contribution in [0.4, 0.5) is 5.69 Å². The highest BCUT2D eigenvalue weighted by Crippen LogP contribution is 2.35. The number of pyridine rings is 1. The number of hydrogen-bond donors (Lipinski definition) is 1. The molecule has 2 heterocycles. The van der Waals surface area contributed by atoms with Crippen LogP contribution in [0.3, 0.4) is 0 Å². The molecule has 0 atom stereocenters. The summed E-state index contributed by atoms with van der Waals surface area (Å²) in [6.07, 6.45) is 3.03. The Labute approximate surface area is 182 Å². The lowest BCUT2D eigenvalue weighted by atomic mass is 10.0. The van der Waals surface area contributed by atoms with Gasteiger partial charge in [0, 0.05) is 45.4 Å². The van der Waals surface area contributed by atoms with Gasteiger partial charge < -0.3 is 9.55 Å². The van der Waals surface area contributed by atoms with Gasteiger partial charge in [0.2, 0.25) is 0 Å². The van der Waals surface area contributed by atoms with Crippen molar-refractivity contribution in [3.8, 4) is 11.1 Å². The highest BCUT2D eigenvalue weighted by molar-refractivity contribution is 6.31. The quantitative estimate of drug-likeness (QED) is 0.262. The average Bonchev–Trinajstić information content (AvgIpc) is 3.07.